The number of carbonyl (C=O) groups is 1. The number of alkyl halides is 3. The molecule has 1 heterocycles. The Kier molecular flexibility index (Phi) is 5.15. The molecule has 0 aliphatic carbocycles. The number of amides is 2. The zero-order valence-electron chi connectivity index (χ0n) is 12.9. The Morgan fingerprint density at radius 3 is 2.74 bits per heavy atom. The standard InChI is InChI=1S/C15H19F3N2O2S/c1-10(23-2)11-4-3-5-12(8-11)19-13(21)20-7-6-14(22,9-20)15(16,17)18/h3-5,8,10,22H,6-7,9H2,1-2H3,(H,19,21)/t10-,14-/m1/s1. The molecule has 0 bridgehead atoms. The first-order valence-corrected chi connectivity index (χ1v) is 8.43. The predicted octanol–water partition coefficient (Wildman–Crippen LogP) is 3.64. The number of benzene rings is 1. The lowest BCUT2D eigenvalue weighted by Crippen LogP contribution is -2.48. The van der Waals surface area contributed by atoms with E-state index in [1.807, 2.05) is 19.2 Å². The first-order valence-electron chi connectivity index (χ1n) is 7.14. The first kappa shape index (κ1) is 17.9. The lowest BCUT2D eigenvalue weighted by Gasteiger charge is -2.26. The number of hydrogen-bond acceptors (Lipinski definition) is 3. The molecule has 8 heteroatoms. The average Bonchev–Trinajstić information content (AvgIpc) is 2.90. The van der Waals surface area contributed by atoms with Crippen molar-refractivity contribution in [3.63, 3.8) is 0 Å². The van der Waals surface area contributed by atoms with Crippen molar-refractivity contribution in [2.24, 2.45) is 0 Å². The quantitative estimate of drug-likeness (QED) is 0.877. The van der Waals surface area contributed by atoms with Gasteiger partial charge in [0.05, 0.1) is 6.54 Å². The van der Waals surface area contributed by atoms with Gasteiger partial charge in [-0.25, -0.2) is 4.79 Å². The largest absolute Gasteiger partial charge is 0.419 e. The average molecular weight is 348 g/mol. The number of hydrogen-bond donors (Lipinski definition) is 2. The molecular weight excluding hydrogens is 329 g/mol. The van der Waals surface area contributed by atoms with Crippen LogP contribution in [0.2, 0.25) is 0 Å². The third-order valence-corrected chi connectivity index (χ3v) is 5.00. The van der Waals surface area contributed by atoms with Crippen molar-refractivity contribution in [2.75, 3.05) is 24.7 Å². The fourth-order valence-corrected chi connectivity index (χ4v) is 2.83. The molecule has 2 rings (SSSR count). The van der Waals surface area contributed by atoms with Crippen LogP contribution in [0.1, 0.15) is 24.2 Å². The number of nitrogens with one attached hydrogen (secondary N) is 1. The summed E-state index contributed by atoms with van der Waals surface area (Å²) in [5.41, 5.74) is -1.28. The van der Waals surface area contributed by atoms with Crippen LogP contribution in [0.5, 0.6) is 0 Å². The number of likely N-dealkylation sites (tertiary alicyclic amines) is 1. The smallest absolute Gasteiger partial charge is 0.379 e. The monoisotopic (exact) mass is 348 g/mol. The topological polar surface area (TPSA) is 52.6 Å². The van der Waals surface area contributed by atoms with E-state index < -0.39 is 30.8 Å². The van der Waals surface area contributed by atoms with Crippen molar-refractivity contribution in [1.82, 2.24) is 4.90 Å². The highest BCUT2D eigenvalue weighted by molar-refractivity contribution is 7.98. The van der Waals surface area contributed by atoms with Gasteiger partial charge in [0.25, 0.3) is 0 Å². The maximum absolute atomic E-state index is 12.8. The maximum Gasteiger partial charge on any atom is 0.419 e. The van der Waals surface area contributed by atoms with Crippen molar-refractivity contribution in [2.45, 2.75) is 30.4 Å². The van der Waals surface area contributed by atoms with E-state index in [4.69, 9.17) is 0 Å². The summed E-state index contributed by atoms with van der Waals surface area (Å²) < 4.78 is 38.3. The Balaban J connectivity index is 2.04. The second-order valence-corrected chi connectivity index (χ2v) is 6.81. The van der Waals surface area contributed by atoms with E-state index in [0.717, 1.165) is 10.5 Å². The molecule has 1 aromatic carbocycles. The molecule has 1 aliphatic heterocycles. The third-order valence-electron chi connectivity index (χ3n) is 4.02. The molecular formula is C15H19F3N2O2S. The Morgan fingerprint density at radius 2 is 2.17 bits per heavy atom. The summed E-state index contributed by atoms with van der Waals surface area (Å²) in [4.78, 5) is 13.1. The summed E-state index contributed by atoms with van der Waals surface area (Å²) in [5, 5.41) is 12.4. The van der Waals surface area contributed by atoms with Crippen LogP contribution in [0.25, 0.3) is 0 Å². The lowest BCUT2D eigenvalue weighted by molar-refractivity contribution is -0.253. The normalized spacial score (nSPS) is 23.0. The van der Waals surface area contributed by atoms with E-state index in [1.54, 1.807) is 30.0 Å². The maximum atomic E-state index is 12.8. The zero-order chi connectivity index (χ0) is 17.3. The number of anilines is 1. The number of rotatable bonds is 3. The summed E-state index contributed by atoms with van der Waals surface area (Å²) in [5.74, 6) is 0. The van der Waals surface area contributed by atoms with Gasteiger partial charge in [0, 0.05) is 23.9 Å². The summed E-state index contributed by atoms with van der Waals surface area (Å²) in [7, 11) is 0. The van der Waals surface area contributed by atoms with Crippen molar-refractivity contribution in [3.05, 3.63) is 29.8 Å². The fraction of sp³-hybridized carbons (Fsp3) is 0.533. The SMILES string of the molecule is CS[C@H](C)c1cccc(NC(=O)N2CC[C@](O)(C(F)(F)F)C2)c1. The Hall–Kier alpha value is -1.41. The van der Waals surface area contributed by atoms with Crippen LogP contribution in [-0.4, -0.2) is 47.2 Å². The van der Waals surface area contributed by atoms with Crippen LogP contribution >= 0.6 is 11.8 Å². The van der Waals surface area contributed by atoms with Crippen LogP contribution < -0.4 is 5.32 Å². The van der Waals surface area contributed by atoms with Crippen LogP contribution in [0.3, 0.4) is 0 Å². The molecule has 1 aliphatic rings. The molecule has 1 saturated heterocycles. The van der Waals surface area contributed by atoms with Gasteiger partial charge in [0.15, 0.2) is 5.60 Å². The Labute approximate surface area is 137 Å². The minimum atomic E-state index is -4.74. The van der Waals surface area contributed by atoms with Gasteiger partial charge in [-0.3, -0.25) is 0 Å². The number of urea groups is 1. The molecule has 128 valence electrons. The summed E-state index contributed by atoms with van der Waals surface area (Å²) in [6.45, 7) is 1.14. The van der Waals surface area contributed by atoms with E-state index in [0.29, 0.717) is 5.69 Å². The van der Waals surface area contributed by atoms with Gasteiger partial charge >= 0.3 is 12.2 Å². The van der Waals surface area contributed by atoms with Gasteiger partial charge in [-0.15, -0.1) is 0 Å². The van der Waals surface area contributed by atoms with Crippen molar-refractivity contribution in [1.29, 1.82) is 0 Å². The van der Waals surface area contributed by atoms with Crippen molar-refractivity contribution in [3.8, 4) is 0 Å². The first-order chi connectivity index (χ1) is 10.7. The van der Waals surface area contributed by atoms with Crippen LogP contribution in [0.15, 0.2) is 24.3 Å². The van der Waals surface area contributed by atoms with E-state index in [1.165, 1.54) is 0 Å². The van der Waals surface area contributed by atoms with E-state index in [9.17, 15) is 23.1 Å². The molecule has 0 spiro atoms. The number of thioether (sulfide) groups is 1. The van der Waals surface area contributed by atoms with Crippen LogP contribution in [0.4, 0.5) is 23.7 Å². The minimum absolute atomic E-state index is 0.136. The number of β-amino-alcohol motifs (C(OH)–C–C–N with tert-alkyl or cyclic N) is 1. The molecule has 2 amide bonds. The summed E-state index contributed by atoms with van der Waals surface area (Å²) in [6.07, 6.45) is -3.28. The molecule has 23 heavy (non-hydrogen) atoms. The highest BCUT2D eigenvalue weighted by Crippen LogP contribution is 2.37. The minimum Gasteiger partial charge on any atom is -0.379 e. The third kappa shape index (κ3) is 3.92. The second kappa shape index (κ2) is 6.60. The summed E-state index contributed by atoms with van der Waals surface area (Å²) >= 11 is 1.65. The van der Waals surface area contributed by atoms with Crippen molar-refractivity contribution < 1.29 is 23.1 Å². The molecule has 2 N–H and O–H groups in total. The number of carbonyl (C=O) groups excluding carboxylic acids is 1. The Morgan fingerprint density at radius 1 is 1.48 bits per heavy atom. The van der Waals surface area contributed by atoms with Crippen LogP contribution in [0, 0.1) is 0 Å². The molecule has 0 aromatic heterocycles. The number of nitrogens with zero attached hydrogens (tertiary/aromatic N) is 1. The molecule has 2 atom stereocenters. The van der Waals surface area contributed by atoms with E-state index in [2.05, 4.69) is 5.32 Å². The van der Waals surface area contributed by atoms with E-state index >= 15 is 0 Å². The number of aliphatic hydroxyl groups is 1. The van der Waals surface area contributed by atoms with Gasteiger partial charge in [0.2, 0.25) is 0 Å². The van der Waals surface area contributed by atoms with E-state index in [-0.39, 0.29) is 11.8 Å². The fourth-order valence-electron chi connectivity index (χ4n) is 2.41. The molecule has 1 aromatic rings. The molecule has 0 radical (unpaired) electrons. The van der Waals surface area contributed by atoms with Crippen molar-refractivity contribution >= 4 is 23.5 Å². The predicted molar refractivity (Wildman–Crippen MR) is 84.6 cm³/mol. The van der Waals surface area contributed by atoms with Gasteiger partial charge < -0.3 is 15.3 Å². The second-order valence-electron chi connectivity index (χ2n) is 5.63. The van der Waals surface area contributed by atoms with Gasteiger partial charge in [-0.2, -0.15) is 24.9 Å². The highest BCUT2D eigenvalue weighted by Gasteiger charge is 2.57. The Bertz CT molecular complexity index is 582. The van der Waals surface area contributed by atoms with Gasteiger partial charge in [-0.05, 0) is 30.9 Å². The summed E-state index contributed by atoms with van der Waals surface area (Å²) in [6, 6.07) is 6.55. The molecule has 4 nitrogen and oxygen atoms in total. The number of halogens is 3. The van der Waals surface area contributed by atoms with Gasteiger partial charge in [0.1, 0.15) is 0 Å². The van der Waals surface area contributed by atoms with Crippen LogP contribution in [-0.2, 0) is 0 Å². The molecule has 1 fully saturated rings. The lowest BCUT2D eigenvalue weighted by atomic mass is 10.0. The molecule has 0 unspecified atom stereocenters. The zero-order valence-corrected chi connectivity index (χ0v) is 13.7. The molecule has 0 saturated carbocycles. The highest BCUT2D eigenvalue weighted by atomic mass is 32.2. The van der Waals surface area contributed by atoms with Gasteiger partial charge in [-0.1, -0.05) is 12.1 Å².